The van der Waals surface area contributed by atoms with Crippen molar-refractivity contribution in [3.63, 3.8) is 0 Å². The SMILES string of the molecule is COc1ccc(NC(=O)c2cccc(C)c2C)cc1. The fraction of sp³-hybridized carbons (Fsp3) is 0.188. The predicted molar refractivity (Wildman–Crippen MR) is 76.9 cm³/mol. The molecular weight excluding hydrogens is 238 g/mol. The van der Waals surface area contributed by atoms with Crippen molar-refractivity contribution < 1.29 is 9.53 Å². The Kier molecular flexibility index (Phi) is 3.85. The molecule has 2 aromatic carbocycles. The molecule has 98 valence electrons. The molecule has 19 heavy (non-hydrogen) atoms. The third kappa shape index (κ3) is 2.94. The molecule has 0 aliphatic carbocycles. The van der Waals surface area contributed by atoms with Crippen LogP contribution in [-0.4, -0.2) is 13.0 Å². The lowest BCUT2D eigenvalue weighted by Crippen LogP contribution is -2.13. The minimum atomic E-state index is -0.0913. The van der Waals surface area contributed by atoms with Gasteiger partial charge in [0.05, 0.1) is 7.11 Å². The molecule has 0 atom stereocenters. The summed E-state index contributed by atoms with van der Waals surface area (Å²) in [7, 11) is 1.61. The molecule has 0 radical (unpaired) electrons. The van der Waals surface area contributed by atoms with Crippen LogP contribution in [0.25, 0.3) is 0 Å². The van der Waals surface area contributed by atoms with Gasteiger partial charge in [-0.2, -0.15) is 0 Å². The van der Waals surface area contributed by atoms with Crippen molar-refractivity contribution >= 4 is 11.6 Å². The van der Waals surface area contributed by atoms with E-state index in [2.05, 4.69) is 5.32 Å². The maximum Gasteiger partial charge on any atom is 0.255 e. The highest BCUT2D eigenvalue weighted by molar-refractivity contribution is 6.05. The summed E-state index contributed by atoms with van der Waals surface area (Å²) < 4.78 is 5.08. The average molecular weight is 255 g/mol. The molecule has 0 aliphatic rings. The Hall–Kier alpha value is -2.29. The molecule has 1 amide bonds. The number of nitrogens with one attached hydrogen (secondary N) is 1. The summed E-state index contributed by atoms with van der Waals surface area (Å²) in [4.78, 5) is 12.2. The second-order valence-corrected chi connectivity index (χ2v) is 4.43. The van der Waals surface area contributed by atoms with Gasteiger partial charge >= 0.3 is 0 Å². The first-order valence-corrected chi connectivity index (χ1v) is 6.13. The zero-order valence-electron chi connectivity index (χ0n) is 11.4. The quantitative estimate of drug-likeness (QED) is 0.910. The summed E-state index contributed by atoms with van der Waals surface area (Å²) in [5.41, 5.74) is 3.58. The molecular formula is C16H17NO2. The molecule has 0 spiro atoms. The number of methoxy groups -OCH3 is 1. The van der Waals surface area contributed by atoms with Crippen LogP contribution >= 0.6 is 0 Å². The monoisotopic (exact) mass is 255 g/mol. The number of rotatable bonds is 3. The van der Waals surface area contributed by atoms with E-state index in [-0.39, 0.29) is 5.91 Å². The number of amides is 1. The Labute approximate surface area is 113 Å². The maximum atomic E-state index is 12.2. The van der Waals surface area contributed by atoms with Gasteiger partial charge in [-0.3, -0.25) is 4.79 Å². The van der Waals surface area contributed by atoms with E-state index in [1.54, 1.807) is 7.11 Å². The molecule has 1 N–H and O–H groups in total. The van der Waals surface area contributed by atoms with Crippen LogP contribution in [0, 0.1) is 13.8 Å². The van der Waals surface area contributed by atoms with Crippen molar-refractivity contribution in [3.8, 4) is 5.75 Å². The lowest BCUT2D eigenvalue weighted by atomic mass is 10.0. The predicted octanol–water partition coefficient (Wildman–Crippen LogP) is 3.56. The van der Waals surface area contributed by atoms with Gasteiger partial charge in [0.25, 0.3) is 5.91 Å². The van der Waals surface area contributed by atoms with Crippen LogP contribution in [0.5, 0.6) is 5.75 Å². The third-order valence-corrected chi connectivity index (χ3v) is 3.20. The summed E-state index contributed by atoms with van der Waals surface area (Å²) in [6, 6.07) is 13.0. The molecule has 0 bridgehead atoms. The second-order valence-electron chi connectivity index (χ2n) is 4.43. The molecule has 2 rings (SSSR count). The number of carbonyl (C=O) groups excluding carboxylic acids is 1. The standard InChI is InChI=1S/C16H17NO2/c1-11-5-4-6-15(12(11)2)16(18)17-13-7-9-14(19-3)10-8-13/h4-10H,1-3H3,(H,17,18). The summed E-state index contributed by atoms with van der Waals surface area (Å²) >= 11 is 0. The Morgan fingerprint density at radius 3 is 2.37 bits per heavy atom. The summed E-state index contributed by atoms with van der Waals surface area (Å²) in [5, 5.41) is 2.88. The van der Waals surface area contributed by atoms with E-state index in [4.69, 9.17) is 4.74 Å². The minimum Gasteiger partial charge on any atom is -0.497 e. The van der Waals surface area contributed by atoms with Crippen LogP contribution in [0.1, 0.15) is 21.5 Å². The van der Waals surface area contributed by atoms with Crippen molar-refractivity contribution in [1.29, 1.82) is 0 Å². The van der Waals surface area contributed by atoms with Gasteiger partial charge in [0, 0.05) is 11.3 Å². The van der Waals surface area contributed by atoms with E-state index in [1.165, 1.54) is 0 Å². The molecule has 0 fully saturated rings. The first-order chi connectivity index (χ1) is 9.11. The summed E-state index contributed by atoms with van der Waals surface area (Å²) in [6.07, 6.45) is 0. The Morgan fingerprint density at radius 2 is 1.74 bits per heavy atom. The van der Waals surface area contributed by atoms with E-state index in [1.807, 2.05) is 56.3 Å². The Bertz CT molecular complexity index is 588. The van der Waals surface area contributed by atoms with Gasteiger partial charge in [-0.25, -0.2) is 0 Å². The Morgan fingerprint density at radius 1 is 1.05 bits per heavy atom. The van der Waals surface area contributed by atoms with Crippen LogP contribution in [0.4, 0.5) is 5.69 Å². The van der Waals surface area contributed by atoms with Gasteiger partial charge in [-0.15, -0.1) is 0 Å². The van der Waals surface area contributed by atoms with Crippen LogP contribution in [-0.2, 0) is 0 Å². The summed E-state index contributed by atoms with van der Waals surface area (Å²) in [6.45, 7) is 3.96. The van der Waals surface area contributed by atoms with Gasteiger partial charge in [0.2, 0.25) is 0 Å². The fourth-order valence-corrected chi connectivity index (χ4v) is 1.87. The molecule has 2 aromatic rings. The number of benzene rings is 2. The van der Waals surface area contributed by atoms with Crippen LogP contribution in [0.2, 0.25) is 0 Å². The molecule has 0 unspecified atom stereocenters. The van der Waals surface area contributed by atoms with E-state index >= 15 is 0 Å². The first-order valence-electron chi connectivity index (χ1n) is 6.13. The molecule has 3 nitrogen and oxygen atoms in total. The topological polar surface area (TPSA) is 38.3 Å². The van der Waals surface area contributed by atoms with Crippen molar-refractivity contribution in [3.05, 3.63) is 59.2 Å². The van der Waals surface area contributed by atoms with E-state index in [0.29, 0.717) is 5.56 Å². The molecule has 0 saturated heterocycles. The highest BCUT2D eigenvalue weighted by Gasteiger charge is 2.10. The van der Waals surface area contributed by atoms with Crippen LogP contribution in [0.3, 0.4) is 0 Å². The largest absolute Gasteiger partial charge is 0.497 e. The number of carbonyl (C=O) groups is 1. The summed E-state index contributed by atoms with van der Waals surface area (Å²) in [5.74, 6) is 0.677. The lowest BCUT2D eigenvalue weighted by molar-refractivity contribution is 0.102. The maximum absolute atomic E-state index is 12.2. The van der Waals surface area contributed by atoms with Crippen molar-refractivity contribution in [2.75, 3.05) is 12.4 Å². The van der Waals surface area contributed by atoms with Crippen molar-refractivity contribution in [2.45, 2.75) is 13.8 Å². The third-order valence-electron chi connectivity index (χ3n) is 3.20. The second kappa shape index (κ2) is 5.57. The van der Waals surface area contributed by atoms with Crippen molar-refractivity contribution in [2.24, 2.45) is 0 Å². The van der Waals surface area contributed by atoms with Gasteiger partial charge in [-0.05, 0) is 55.3 Å². The van der Waals surface area contributed by atoms with E-state index < -0.39 is 0 Å². The number of hydrogen-bond acceptors (Lipinski definition) is 2. The minimum absolute atomic E-state index is 0.0913. The van der Waals surface area contributed by atoms with Crippen LogP contribution in [0.15, 0.2) is 42.5 Å². The average Bonchev–Trinajstić information content (AvgIpc) is 2.42. The van der Waals surface area contributed by atoms with Gasteiger partial charge < -0.3 is 10.1 Å². The molecule has 0 heterocycles. The van der Waals surface area contributed by atoms with Gasteiger partial charge in [0.1, 0.15) is 5.75 Å². The Balaban J connectivity index is 2.18. The van der Waals surface area contributed by atoms with Crippen molar-refractivity contribution in [1.82, 2.24) is 0 Å². The highest BCUT2D eigenvalue weighted by Crippen LogP contribution is 2.18. The number of anilines is 1. The fourth-order valence-electron chi connectivity index (χ4n) is 1.87. The molecule has 3 heteroatoms. The number of ether oxygens (including phenoxy) is 1. The molecule has 0 aromatic heterocycles. The molecule has 0 aliphatic heterocycles. The van der Waals surface area contributed by atoms with E-state index in [9.17, 15) is 4.79 Å². The zero-order chi connectivity index (χ0) is 13.8. The first kappa shape index (κ1) is 13.1. The van der Waals surface area contributed by atoms with Gasteiger partial charge in [-0.1, -0.05) is 12.1 Å². The van der Waals surface area contributed by atoms with Gasteiger partial charge in [0.15, 0.2) is 0 Å². The normalized spacial score (nSPS) is 10.1. The number of aryl methyl sites for hydroxylation is 1. The smallest absolute Gasteiger partial charge is 0.255 e. The highest BCUT2D eigenvalue weighted by atomic mass is 16.5. The zero-order valence-corrected chi connectivity index (χ0v) is 11.4. The van der Waals surface area contributed by atoms with E-state index in [0.717, 1.165) is 22.6 Å². The van der Waals surface area contributed by atoms with Crippen LogP contribution < -0.4 is 10.1 Å². The lowest BCUT2D eigenvalue weighted by Gasteiger charge is -2.10. The number of hydrogen-bond donors (Lipinski definition) is 1. The molecule has 0 saturated carbocycles.